The monoisotopic (exact) mass is 226 g/mol. The van der Waals surface area contributed by atoms with E-state index in [1.165, 1.54) is 12.0 Å². The lowest BCUT2D eigenvalue weighted by atomic mass is 9.89. The van der Waals surface area contributed by atoms with Gasteiger partial charge in [-0.15, -0.1) is 0 Å². The number of aliphatic hydroxyl groups excluding tert-OH is 1. The van der Waals surface area contributed by atoms with Crippen LogP contribution in [0, 0.1) is 0 Å². The highest BCUT2D eigenvalue weighted by Crippen LogP contribution is 2.37. The quantitative estimate of drug-likeness (QED) is 0.814. The first-order valence-electron chi connectivity index (χ1n) is 5.37. The summed E-state index contributed by atoms with van der Waals surface area (Å²) in [6.07, 6.45) is 4.80. The maximum absolute atomic E-state index is 9.84. The number of phenolic OH excluding ortho intramolecular Hbond substituents is 1. The summed E-state index contributed by atoms with van der Waals surface area (Å²) in [6.45, 7) is 0.0443. The number of hydrogen-bond donors (Lipinski definition) is 2. The number of phenols is 1. The van der Waals surface area contributed by atoms with Gasteiger partial charge in [0.2, 0.25) is 0 Å². The molecule has 1 aliphatic carbocycles. The molecule has 0 aliphatic heterocycles. The molecule has 1 aromatic rings. The summed E-state index contributed by atoms with van der Waals surface area (Å²) in [7, 11) is 0. The summed E-state index contributed by atoms with van der Waals surface area (Å²) in [5.74, 6) is 0.159. The molecule has 0 aromatic heterocycles. The number of hydrogen-bond acceptors (Lipinski definition) is 2. The molecule has 0 spiro atoms. The Morgan fingerprint density at radius 3 is 2.73 bits per heavy atom. The molecule has 1 aromatic carbocycles. The van der Waals surface area contributed by atoms with E-state index in [0.29, 0.717) is 11.4 Å². The van der Waals surface area contributed by atoms with Crippen molar-refractivity contribution in [2.75, 3.05) is 6.61 Å². The van der Waals surface area contributed by atoms with Gasteiger partial charge in [-0.3, -0.25) is 0 Å². The van der Waals surface area contributed by atoms with Gasteiger partial charge in [-0.1, -0.05) is 17.7 Å². The van der Waals surface area contributed by atoms with Crippen molar-refractivity contribution in [2.45, 2.75) is 32.1 Å². The van der Waals surface area contributed by atoms with Crippen molar-refractivity contribution in [1.29, 1.82) is 0 Å². The molecule has 2 nitrogen and oxygen atoms in total. The summed E-state index contributed by atoms with van der Waals surface area (Å²) in [5.41, 5.74) is 3.11. The Morgan fingerprint density at radius 1 is 1.27 bits per heavy atom. The Balaban J connectivity index is 2.47. The third-order valence-electron chi connectivity index (χ3n) is 3.02. The van der Waals surface area contributed by atoms with E-state index in [2.05, 4.69) is 0 Å². The second kappa shape index (κ2) is 4.42. The number of aromatic hydroxyl groups is 1. The first kappa shape index (κ1) is 10.8. The highest BCUT2D eigenvalue weighted by Gasteiger charge is 2.18. The fourth-order valence-corrected chi connectivity index (χ4v) is 2.55. The highest BCUT2D eigenvalue weighted by molar-refractivity contribution is 6.33. The number of benzene rings is 1. The van der Waals surface area contributed by atoms with E-state index in [1.807, 2.05) is 6.07 Å². The van der Waals surface area contributed by atoms with Crippen molar-refractivity contribution >= 4 is 11.6 Å². The van der Waals surface area contributed by atoms with Gasteiger partial charge in [-0.25, -0.2) is 0 Å². The Morgan fingerprint density at radius 2 is 2.00 bits per heavy atom. The van der Waals surface area contributed by atoms with Crippen LogP contribution in [0.4, 0.5) is 0 Å². The molecule has 3 heteroatoms. The number of fused-ring (bicyclic) bond motifs is 1. The molecule has 0 saturated heterocycles. The number of halogens is 1. The van der Waals surface area contributed by atoms with Gasteiger partial charge in [-0.05, 0) is 48.8 Å². The second-order valence-electron chi connectivity index (χ2n) is 4.02. The molecule has 0 amide bonds. The van der Waals surface area contributed by atoms with Gasteiger partial charge >= 0.3 is 0 Å². The number of aryl methyl sites for hydroxylation is 1. The minimum atomic E-state index is 0.0443. The minimum Gasteiger partial charge on any atom is -0.506 e. The minimum absolute atomic E-state index is 0.0443. The smallest absolute Gasteiger partial charge is 0.137 e. The standard InChI is InChI=1S/C12H15ClO2/c13-11-10-4-2-1-3-8(10)7-9(5-6-14)12(11)15/h7,14-15H,1-6H2. The highest BCUT2D eigenvalue weighted by atomic mass is 35.5. The molecule has 1 aliphatic rings. The summed E-state index contributed by atoms with van der Waals surface area (Å²) < 4.78 is 0. The van der Waals surface area contributed by atoms with Crippen LogP contribution in [0.25, 0.3) is 0 Å². The van der Waals surface area contributed by atoms with Crippen molar-refractivity contribution in [3.63, 3.8) is 0 Å². The average molecular weight is 227 g/mol. The predicted molar refractivity (Wildman–Crippen MR) is 60.5 cm³/mol. The fraction of sp³-hybridized carbons (Fsp3) is 0.500. The van der Waals surface area contributed by atoms with Gasteiger partial charge in [0.05, 0.1) is 5.02 Å². The van der Waals surface area contributed by atoms with Crippen LogP contribution in [0.3, 0.4) is 0 Å². The molecule has 0 fully saturated rings. The molecule has 2 N–H and O–H groups in total. The Hall–Kier alpha value is -0.730. The predicted octanol–water partition coefficient (Wildman–Crippen LogP) is 2.46. The molecule has 2 rings (SSSR count). The average Bonchev–Trinajstić information content (AvgIpc) is 2.26. The van der Waals surface area contributed by atoms with Crippen LogP contribution >= 0.6 is 11.6 Å². The van der Waals surface area contributed by atoms with Crippen LogP contribution in [0.5, 0.6) is 5.75 Å². The van der Waals surface area contributed by atoms with Crippen LogP contribution in [-0.2, 0) is 19.3 Å². The lowest BCUT2D eigenvalue weighted by molar-refractivity contribution is 0.297. The van der Waals surface area contributed by atoms with Crippen molar-refractivity contribution in [1.82, 2.24) is 0 Å². The molecule has 0 bridgehead atoms. The van der Waals surface area contributed by atoms with Gasteiger partial charge in [0, 0.05) is 6.61 Å². The molecule has 0 unspecified atom stereocenters. The van der Waals surface area contributed by atoms with Crippen molar-refractivity contribution < 1.29 is 10.2 Å². The summed E-state index contributed by atoms with van der Waals surface area (Å²) in [6, 6.07) is 1.99. The van der Waals surface area contributed by atoms with E-state index >= 15 is 0 Å². The fourth-order valence-electron chi connectivity index (χ4n) is 2.21. The zero-order valence-corrected chi connectivity index (χ0v) is 9.35. The summed E-state index contributed by atoms with van der Waals surface area (Å²) in [4.78, 5) is 0. The zero-order chi connectivity index (χ0) is 10.8. The maximum Gasteiger partial charge on any atom is 0.137 e. The van der Waals surface area contributed by atoms with Gasteiger partial charge < -0.3 is 10.2 Å². The zero-order valence-electron chi connectivity index (χ0n) is 8.59. The second-order valence-corrected chi connectivity index (χ2v) is 4.39. The van der Waals surface area contributed by atoms with Crippen LogP contribution in [-0.4, -0.2) is 16.8 Å². The van der Waals surface area contributed by atoms with Crippen LogP contribution in [0.15, 0.2) is 6.07 Å². The number of aliphatic hydroxyl groups is 1. The normalized spacial score (nSPS) is 15.1. The van der Waals surface area contributed by atoms with Crippen LogP contribution in [0.1, 0.15) is 29.5 Å². The molecule has 0 radical (unpaired) electrons. The lowest BCUT2D eigenvalue weighted by Gasteiger charge is -2.19. The third kappa shape index (κ3) is 1.97. The van der Waals surface area contributed by atoms with E-state index < -0.39 is 0 Å². The van der Waals surface area contributed by atoms with Gasteiger partial charge in [0.25, 0.3) is 0 Å². The molecule has 0 atom stereocenters. The topological polar surface area (TPSA) is 40.5 Å². The van der Waals surface area contributed by atoms with E-state index in [-0.39, 0.29) is 12.4 Å². The van der Waals surface area contributed by atoms with Gasteiger partial charge in [-0.2, -0.15) is 0 Å². The maximum atomic E-state index is 9.84. The van der Waals surface area contributed by atoms with E-state index in [0.717, 1.165) is 30.4 Å². The van der Waals surface area contributed by atoms with Gasteiger partial charge in [0.1, 0.15) is 5.75 Å². The molecule has 0 heterocycles. The molecular formula is C12H15ClO2. The molecule has 15 heavy (non-hydrogen) atoms. The van der Waals surface area contributed by atoms with E-state index in [4.69, 9.17) is 16.7 Å². The first-order valence-corrected chi connectivity index (χ1v) is 5.74. The SMILES string of the molecule is OCCc1cc2c(c(Cl)c1O)CCCC2. The molecule has 0 saturated carbocycles. The van der Waals surface area contributed by atoms with Crippen molar-refractivity contribution in [3.8, 4) is 5.75 Å². The van der Waals surface area contributed by atoms with E-state index in [9.17, 15) is 5.11 Å². The molecule has 82 valence electrons. The van der Waals surface area contributed by atoms with Gasteiger partial charge in [0.15, 0.2) is 0 Å². The Labute approximate surface area is 94.5 Å². The van der Waals surface area contributed by atoms with Crippen LogP contribution < -0.4 is 0 Å². The third-order valence-corrected chi connectivity index (χ3v) is 3.42. The van der Waals surface area contributed by atoms with Crippen molar-refractivity contribution in [2.24, 2.45) is 0 Å². The first-order chi connectivity index (χ1) is 7.24. The summed E-state index contributed by atoms with van der Waals surface area (Å²) in [5, 5.41) is 19.2. The molecular weight excluding hydrogens is 212 g/mol. The number of rotatable bonds is 2. The Kier molecular flexibility index (Phi) is 3.17. The summed E-state index contributed by atoms with van der Waals surface area (Å²) >= 11 is 6.12. The largest absolute Gasteiger partial charge is 0.506 e. The van der Waals surface area contributed by atoms with Crippen molar-refractivity contribution in [3.05, 3.63) is 27.8 Å². The van der Waals surface area contributed by atoms with Crippen LogP contribution in [0.2, 0.25) is 5.02 Å². The van der Waals surface area contributed by atoms with E-state index in [1.54, 1.807) is 0 Å². The lowest BCUT2D eigenvalue weighted by Crippen LogP contribution is -2.05. The Bertz CT molecular complexity index is 374.